The summed E-state index contributed by atoms with van der Waals surface area (Å²) in [5.41, 5.74) is 13.5. The molecule has 0 radical (unpaired) electrons. The van der Waals surface area contributed by atoms with Crippen LogP contribution < -0.4 is 16.2 Å². The highest BCUT2D eigenvalue weighted by Crippen LogP contribution is 2.20. The van der Waals surface area contributed by atoms with E-state index in [-0.39, 0.29) is 5.78 Å². The number of nitrogens with zero attached hydrogens (tertiary/aromatic N) is 1. The first-order valence-electron chi connectivity index (χ1n) is 9.78. The van der Waals surface area contributed by atoms with E-state index in [1.54, 1.807) is 30.3 Å². The first-order chi connectivity index (χ1) is 13.1. The number of ketones is 1. The molecule has 1 aliphatic rings. The van der Waals surface area contributed by atoms with Gasteiger partial charge in [0.1, 0.15) is 5.75 Å². The number of hydrogen-bond acceptors (Lipinski definition) is 5. The molecule has 2 aromatic rings. The number of nitrogens with two attached hydrogens (primary N) is 2. The lowest BCUT2D eigenvalue weighted by Gasteiger charge is -2.26. The number of carbonyl (C=O) groups is 1. The van der Waals surface area contributed by atoms with Crippen molar-refractivity contribution in [3.05, 3.63) is 53.6 Å². The van der Waals surface area contributed by atoms with E-state index in [9.17, 15) is 4.79 Å². The van der Waals surface area contributed by atoms with Crippen LogP contribution in [0.25, 0.3) is 0 Å². The van der Waals surface area contributed by atoms with Gasteiger partial charge >= 0.3 is 0 Å². The maximum atomic E-state index is 12.5. The zero-order chi connectivity index (χ0) is 19.1. The van der Waals surface area contributed by atoms with Crippen LogP contribution in [0.5, 0.6) is 5.75 Å². The minimum absolute atomic E-state index is 0.0743. The quantitative estimate of drug-likeness (QED) is 0.422. The van der Waals surface area contributed by atoms with Crippen LogP contribution in [0, 0.1) is 0 Å². The standard InChI is InChI=1S/C22H29N3O2/c23-20-11-8-18(16-21(20)24)22(26)17-6-9-19(10-7-17)27-15-5-4-14-25-12-2-1-3-13-25/h6-11,16H,1-5,12-15,23-24H2. The molecule has 144 valence electrons. The van der Waals surface area contributed by atoms with Gasteiger partial charge in [-0.1, -0.05) is 6.42 Å². The summed E-state index contributed by atoms with van der Waals surface area (Å²) in [4.78, 5) is 15.1. The van der Waals surface area contributed by atoms with Crippen molar-refractivity contribution in [2.45, 2.75) is 32.1 Å². The first-order valence-corrected chi connectivity index (χ1v) is 9.78. The smallest absolute Gasteiger partial charge is 0.193 e. The Bertz CT molecular complexity index is 753. The van der Waals surface area contributed by atoms with Gasteiger partial charge in [0.15, 0.2) is 5.78 Å². The number of likely N-dealkylation sites (tertiary alicyclic amines) is 1. The molecule has 4 N–H and O–H groups in total. The molecule has 3 rings (SSSR count). The van der Waals surface area contributed by atoms with Crippen molar-refractivity contribution in [1.82, 2.24) is 4.90 Å². The molecule has 5 nitrogen and oxygen atoms in total. The van der Waals surface area contributed by atoms with Gasteiger partial charge in [-0.3, -0.25) is 4.79 Å². The van der Waals surface area contributed by atoms with Gasteiger partial charge in [0.2, 0.25) is 0 Å². The van der Waals surface area contributed by atoms with Gasteiger partial charge in [-0.15, -0.1) is 0 Å². The Kier molecular flexibility index (Phi) is 6.71. The Morgan fingerprint density at radius 3 is 2.30 bits per heavy atom. The van der Waals surface area contributed by atoms with Crippen LogP contribution >= 0.6 is 0 Å². The molecule has 2 aromatic carbocycles. The molecular formula is C22H29N3O2. The highest BCUT2D eigenvalue weighted by molar-refractivity contribution is 6.09. The third kappa shape index (κ3) is 5.47. The third-order valence-corrected chi connectivity index (χ3v) is 5.05. The monoisotopic (exact) mass is 367 g/mol. The molecule has 27 heavy (non-hydrogen) atoms. The molecule has 0 atom stereocenters. The summed E-state index contributed by atoms with van der Waals surface area (Å²) < 4.78 is 5.80. The summed E-state index contributed by atoms with van der Waals surface area (Å²) in [5.74, 6) is 0.719. The van der Waals surface area contributed by atoms with Gasteiger partial charge in [0.05, 0.1) is 18.0 Å². The highest BCUT2D eigenvalue weighted by atomic mass is 16.5. The molecule has 0 aromatic heterocycles. The number of piperidine rings is 1. The van der Waals surface area contributed by atoms with Crippen LogP contribution in [0.15, 0.2) is 42.5 Å². The van der Waals surface area contributed by atoms with E-state index >= 15 is 0 Å². The minimum Gasteiger partial charge on any atom is -0.494 e. The molecule has 5 heteroatoms. The van der Waals surface area contributed by atoms with Gasteiger partial charge < -0.3 is 21.1 Å². The Hall–Kier alpha value is -2.53. The second kappa shape index (κ2) is 9.42. The molecule has 0 amide bonds. The number of benzene rings is 2. The molecule has 0 aliphatic carbocycles. The number of unbranched alkanes of at least 4 members (excludes halogenated alkanes) is 1. The third-order valence-electron chi connectivity index (χ3n) is 5.05. The fourth-order valence-corrected chi connectivity index (χ4v) is 3.40. The van der Waals surface area contributed by atoms with Crippen LogP contribution in [-0.4, -0.2) is 36.9 Å². The Labute approximate surface area is 161 Å². The molecular weight excluding hydrogens is 338 g/mol. The van der Waals surface area contributed by atoms with E-state index in [0.29, 0.717) is 29.1 Å². The predicted molar refractivity (Wildman–Crippen MR) is 110 cm³/mol. The van der Waals surface area contributed by atoms with E-state index in [1.807, 2.05) is 12.1 Å². The van der Waals surface area contributed by atoms with E-state index in [4.69, 9.17) is 16.2 Å². The molecule has 0 unspecified atom stereocenters. The SMILES string of the molecule is Nc1ccc(C(=O)c2ccc(OCCCCN3CCCCC3)cc2)cc1N. The van der Waals surface area contributed by atoms with Crippen molar-refractivity contribution >= 4 is 17.2 Å². The molecule has 1 aliphatic heterocycles. The number of nitrogen functional groups attached to an aromatic ring is 2. The average Bonchev–Trinajstić information content (AvgIpc) is 2.70. The number of hydrogen-bond donors (Lipinski definition) is 2. The van der Waals surface area contributed by atoms with Crippen molar-refractivity contribution in [3.8, 4) is 5.75 Å². The normalized spacial score (nSPS) is 14.8. The first kappa shape index (κ1) is 19.2. The second-order valence-corrected chi connectivity index (χ2v) is 7.16. The summed E-state index contributed by atoms with van der Waals surface area (Å²) in [6.45, 7) is 4.36. The zero-order valence-electron chi connectivity index (χ0n) is 15.8. The topological polar surface area (TPSA) is 81.6 Å². The van der Waals surface area contributed by atoms with E-state index < -0.39 is 0 Å². The van der Waals surface area contributed by atoms with Gasteiger partial charge in [-0.05, 0) is 87.8 Å². The fraction of sp³-hybridized carbons (Fsp3) is 0.409. The van der Waals surface area contributed by atoms with Crippen molar-refractivity contribution in [2.75, 3.05) is 37.7 Å². The molecule has 1 fully saturated rings. The van der Waals surface area contributed by atoms with Gasteiger partial charge in [-0.25, -0.2) is 0 Å². The van der Waals surface area contributed by atoms with Crippen molar-refractivity contribution in [1.29, 1.82) is 0 Å². The minimum atomic E-state index is -0.0743. The number of ether oxygens (including phenoxy) is 1. The van der Waals surface area contributed by atoms with Crippen LogP contribution in [0.3, 0.4) is 0 Å². The lowest BCUT2D eigenvalue weighted by molar-refractivity contribution is 0.103. The summed E-state index contributed by atoms with van der Waals surface area (Å²) >= 11 is 0. The zero-order valence-corrected chi connectivity index (χ0v) is 15.8. The number of anilines is 2. The van der Waals surface area contributed by atoms with Crippen molar-refractivity contribution in [2.24, 2.45) is 0 Å². The molecule has 0 saturated carbocycles. The fourth-order valence-electron chi connectivity index (χ4n) is 3.40. The molecule has 0 bridgehead atoms. The van der Waals surface area contributed by atoms with Crippen LogP contribution in [0.1, 0.15) is 48.0 Å². The average molecular weight is 367 g/mol. The number of carbonyl (C=O) groups excluding carboxylic acids is 1. The largest absolute Gasteiger partial charge is 0.494 e. The highest BCUT2D eigenvalue weighted by Gasteiger charge is 2.11. The van der Waals surface area contributed by atoms with Crippen molar-refractivity contribution in [3.63, 3.8) is 0 Å². The summed E-state index contributed by atoms with van der Waals surface area (Å²) in [7, 11) is 0. The predicted octanol–water partition coefficient (Wildman–Crippen LogP) is 3.73. The van der Waals surface area contributed by atoms with Crippen LogP contribution in [0.4, 0.5) is 11.4 Å². The summed E-state index contributed by atoms with van der Waals surface area (Å²) in [6.07, 6.45) is 6.26. The van der Waals surface area contributed by atoms with Crippen LogP contribution in [0.2, 0.25) is 0 Å². The van der Waals surface area contributed by atoms with Gasteiger partial charge in [-0.2, -0.15) is 0 Å². The van der Waals surface area contributed by atoms with E-state index in [2.05, 4.69) is 4.90 Å². The lowest BCUT2D eigenvalue weighted by Crippen LogP contribution is -2.30. The van der Waals surface area contributed by atoms with Crippen LogP contribution in [-0.2, 0) is 0 Å². The Morgan fingerprint density at radius 2 is 1.59 bits per heavy atom. The summed E-state index contributed by atoms with van der Waals surface area (Å²) in [5, 5.41) is 0. The Morgan fingerprint density at radius 1 is 0.889 bits per heavy atom. The maximum Gasteiger partial charge on any atom is 0.193 e. The van der Waals surface area contributed by atoms with Gasteiger partial charge in [0, 0.05) is 11.1 Å². The second-order valence-electron chi connectivity index (χ2n) is 7.16. The van der Waals surface area contributed by atoms with Crippen molar-refractivity contribution < 1.29 is 9.53 Å². The summed E-state index contributed by atoms with van der Waals surface area (Å²) in [6, 6.07) is 12.2. The maximum absolute atomic E-state index is 12.5. The number of rotatable bonds is 8. The Balaban J connectivity index is 1.44. The molecule has 1 heterocycles. The van der Waals surface area contributed by atoms with E-state index in [0.717, 1.165) is 18.6 Å². The lowest BCUT2D eigenvalue weighted by atomic mass is 10.0. The molecule has 0 spiro atoms. The van der Waals surface area contributed by atoms with E-state index in [1.165, 1.54) is 38.9 Å². The molecule has 1 saturated heterocycles. The van der Waals surface area contributed by atoms with Gasteiger partial charge in [0.25, 0.3) is 0 Å².